The second-order valence-electron chi connectivity index (χ2n) is 2.79. The van der Waals surface area contributed by atoms with Crippen LogP contribution in [0.15, 0.2) is 6.07 Å². The number of anilines is 1. The fraction of sp³-hybridized carbons (Fsp3) is 0.375. The molecule has 14 heavy (non-hydrogen) atoms. The molecule has 0 bridgehead atoms. The molecule has 0 saturated heterocycles. The van der Waals surface area contributed by atoms with Crippen LogP contribution in [0.2, 0.25) is 5.15 Å². The zero-order chi connectivity index (χ0) is 10.7. The largest absolute Gasteiger partial charge is 0.464 e. The Morgan fingerprint density at radius 2 is 2.14 bits per heavy atom. The van der Waals surface area contributed by atoms with Crippen molar-refractivity contribution < 1.29 is 9.53 Å². The van der Waals surface area contributed by atoms with E-state index >= 15 is 0 Å². The predicted molar refractivity (Wildman–Crippen MR) is 52.7 cm³/mol. The molecule has 1 aromatic rings. The monoisotopic (exact) mass is 215 g/mol. The summed E-state index contributed by atoms with van der Waals surface area (Å²) < 4.78 is 4.56. The molecule has 0 unspecified atom stereocenters. The molecule has 0 N–H and O–H groups in total. The van der Waals surface area contributed by atoms with Crippen molar-refractivity contribution in [3.05, 3.63) is 16.9 Å². The average molecular weight is 216 g/mol. The first kappa shape index (κ1) is 10.7. The van der Waals surface area contributed by atoms with Crippen LogP contribution in [-0.2, 0) is 4.74 Å². The lowest BCUT2D eigenvalue weighted by molar-refractivity contribution is 0.0593. The number of nitrogens with zero attached hydrogens (tertiary/aromatic N) is 3. The van der Waals surface area contributed by atoms with Gasteiger partial charge in [0, 0.05) is 20.2 Å². The van der Waals surface area contributed by atoms with Gasteiger partial charge >= 0.3 is 5.97 Å². The highest BCUT2D eigenvalue weighted by molar-refractivity contribution is 6.29. The van der Waals surface area contributed by atoms with E-state index in [1.807, 2.05) is 0 Å². The molecule has 0 atom stereocenters. The summed E-state index contributed by atoms with van der Waals surface area (Å²) in [7, 11) is 4.84. The standard InChI is InChI=1S/C8H10ClN3O2/c1-12(2)5-4-6(9)10-11-7(5)8(13)14-3/h4H,1-3H3. The normalized spacial score (nSPS) is 9.71. The van der Waals surface area contributed by atoms with Gasteiger partial charge in [-0.3, -0.25) is 0 Å². The fourth-order valence-corrected chi connectivity index (χ4v) is 1.08. The van der Waals surface area contributed by atoms with Crippen LogP contribution in [0.25, 0.3) is 0 Å². The molecule has 0 spiro atoms. The summed E-state index contributed by atoms with van der Waals surface area (Å²) in [6.07, 6.45) is 0. The molecule has 1 heterocycles. The average Bonchev–Trinajstić information content (AvgIpc) is 2.16. The number of hydrogen-bond acceptors (Lipinski definition) is 5. The third-order valence-corrected chi connectivity index (χ3v) is 1.79. The third kappa shape index (κ3) is 2.11. The van der Waals surface area contributed by atoms with Crippen LogP contribution in [0, 0.1) is 0 Å². The Kier molecular flexibility index (Phi) is 3.24. The lowest BCUT2D eigenvalue weighted by Gasteiger charge is -2.14. The molecular formula is C8H10ClN3O2. The number of ether oxygens (including phenoxy) is 1. The molecule has 0 amide bonds. The van der Waals surface area contributed by atoms with E-state index in [-0.39, 0.29) is 10.8 Å². The molecule has 0 radical (unpaired) electrons. The summed E-state index contributed by atoms with van der Waals surface area (Å²) in [6.45, 7) is 0. The minimum Gasteiger partial charge on any atom is -0.464 e. The maximum absolute atomic E-state index is 11.3. The van der Waals surface area contributed by atoms with E-state index < -0.39 is 5.97 Å². The van der Waals surface area contributed by atoms with E-state index in [9.17, 15) is 4.79 Å². The molecule has 0 aliphatic heterocycles. The van der Waals surface area contributed by atoms with Gasteiger partial charge in [-0.15, -0.1) is 10.2 Å². The number of hydrogen-bond donors (Lipinski definition) is 0. The molecule has 6 heteroatoms. The minimum atomic E-state index is -0.530. The van der Waals surface area contributed by atoms with Crippen molar-refractivity contribution in [3.63, 3.8) is 0 Å². The predicted octanol–water partition coefficient (Wildman–Crippen LogP) is 0.983. The first-order valence-electron chi connectivity index (χ1n) is 3.85. The lowest BCUT2D eigenvalue weighted by atomic mass is 10.3. The number of halogens is 1. The second-order valence-corrected chi connectivity index (χ2v) is 3.17. The molecule has 0 fully saturated rings. The Labute approximate surface area is 86.6 Å². The first-order valence-corrected chi connectivity index (χ1v) is 4.23. The van der Waals surface area contributed by atoms with Gasteiger partial charge in [0.1, 0.15) is 0 Å². The number of esters is 1. The Morgan fingerprint density at radius 3 is 2.64 bits per heavy atom. The molecule has 0 aliphatic carbocycles. The Balaban J connectivity index is 3.21. The van der Waals surface area contributed by atoms with E-state index in [0.717, 1.165) is 0 Å². The summed E-state index contributed by atoms with van der Waals surface area (Å²) in [5, 5.41) is 7.49. The SMILES string of the molecule is COC(=O)c1nnc(Cl)cc1N(C)C. The van der Waals surface area contributed by atoms with Crippen molar-refractivity contribution in [3.8, 4) is 0 Å². The maximum Gasteiger partial charge on any atom is 0.360 e. The highest BCUT2D eigenvalue weighted by Crippen LogP contribution is 2.19. The van der Waals surface area contributed by atoms with Gasteiger partial charge < -0.3 is 9.64 Å². The van der Waals surface area contributed by atoms with Crippen LogP contribution in [0.5, 0.6) is 0 Å². The van der Waals surface area contributed by atoms with Crippen molar-refractivity contribution in [2.75, 3.05) is 26.1 Å². The summed E-state index contributed by atoms with van der Waals surface area (Å²) in [4.78, 5) is 13.0. The van der Waals surface area contributed by atoms with Crippen LogP contribution >= 0.6 is 11.6 Å². The Morgan fingerprint density at radius 1 is 1.50 bits per heavy atom. The molecule has 0 saturated carbocycles. The van der Waals surface area contributed by atoms with E-state index in [4.69, 9.17) is 11.6 Å². The minimum absolute atomic E-state index is 0.155. The lowest BCUT2D eigenvalue weighted by Crippen LogP contribution is -2.17. The van der Waals surface area contributed by atoms with Crippen LogP contribution < -0.4 is 4.90 Å². The quantitative estimate of drug-likeness (QED) is 0.689. The summed E-state index contributed by atoms with van der Waals surface area (Å²) in [6, 6.07) is 1.56. The van der Waals surface area contributed by atoms with Crippen LogP contribution in [-0.4, -0.2) is 37.4 Å². The van der Waals surface area contributed by atoms with Crippen molar-refractivity contribution in [1.29, 1.82) is 0 Å². The van der Waals surface area contributed by atoms with Crippen LogP contribution in [0.4, 0.5) is 5.69 Å². The number of carbonyl (C=O) groups excluding carboxylic acids is 1. The van der Waals surface area contributed by atoms with Crippen LogP contribution in [0.3, 0.4) is 0 Å². The van der Waals surface area contributed by atoms with E-state index in [1.165, 1.54) is 7.11 Å². The van der Waals surface area contributed by atoms with Gasteiger partial charge in [-0.25, -0.2) is 4.79 Å². The van der Waals surface area contributed by atoms with E-state index in [0.29, 0.717) is 5.69 Å². The third-order valence-electron chi connectivity index (χ3n) is 1.60. The molecular weight excluding hydrogens is 206 g/mol. The maximum atomic E-state index is 11.3. The Bertz CT molecular complexity index is 354. The topological polar surface area (TPSA) is 55.3 Å². The van der Waals surface area contributed by atoms with Gasteiger partial charge in [-0.05, 0) is 0 Å². The number of methoxy groups -OCH3 is 1. The zero-order valence-corrected chi connectivity index (χ0v) is 8.87. The molecule has 5 nitrogen and oxygen atoms in total. The number of aromatic nitrogens is 2. The molecule has 1 rings (SSSR count). The van der Waals surface area contributed by atoms with Gasteiger partial charge in [-0.2, -0.15) is 0 Å². The number of rotatable bonds is 2. The van der Waals surface area contributed by atoms with Crippen LogP contribution in [0.1, 0.15) is 10.5 Å². The summed E-state index contributed by atoms with van der Waals surface area (Å²) >= 11 is 5.66. The van der Waals surface area contributed by atoms with Crippen molar-refractivity contribution in [2.24, 2.45) is 0 Å². The van der Waals surface area contributed by atoms with Crippen molar-refractivity contribution >= 4 is 23.3 Å². The van der Waals surface area contributed by atoms with E-state index in [2.05, 4.69) is 14.9 Å². The van der Waals surface area contributed by atoms with Crippen molar-refractivity contribution in [1.82, 2.24) is 10.2 Å². The molecule has 0 aromatic carbocycles. The van der Waals surface area contributed by atoms with Gasteiger partial charge in [0.05, 0.1) is 12.8 Å². The number of carbonyl (C=O) groups is 1. The van der Waals surface area contributed by atoms with Gasteiger partial charge in [-0.1, -0.05) is 11.6 Å². The fourth-order valence-electron chi connectivity index (χ4n) is 0.942. The van der Waals surface area contributed by atoms with Gasteiger partial charge in [0.25, 0.3) is 0 Å². The van der Waals surface area contributed by atoms with E-state index in [1.54, 1.807) is 25.1 Å². The summed E-state index contributed by atoms with van der Waals surface area (Å²) in [5.41, 5.74) is 0.735. The smallest absolute Gasteiger partial charge is 0.360 e. The van der Waals surface area contributed by atoms with Gasteiger partial charge in [0.2, 0.25) is 0 Å². The molecule has 1 aromatic heterocycles. The first-order chi connectivity index (χ1) is 6.56. The summed E-state index contributed by atoms with van der Waals surface area (Å²) in [5.74, 6) is -0.530. The van der Waals surface area contributed by atoms with Gasteiger partial charge in [0.15, 0.2) is 10.8 Å². The highest BCUT2D eigenvalue weighted by Gasteiger charge is 2.16. The highest BCUT2D eigenvalue weighted by atomic mass is 35.5. The second kappa shape index (κ2) is 4.23. The van der Waals surface area contributed by atoms with Crippen molar-refractivity contribution in [2.45, 2.75) is 0 Å². The zero-order valence-electron chi connectivity index (χ0n) is 8.11. The molecule has 0 aliphatic rings. The Hall–Kier alpha value is -1.36. The molecule has 76 valence electrons.